The number of hydrogen-bond acceptors (Lipinski definition) is 3. The van der Waals surface area contributed by atoms with Gasteiger partial charge in [-0.1, -0.05) is 29.8 Å². The number of carbonyl (C=O) groups excluding carboxylic acids is 1. The molecule has 1 heterocycles. The van der Waals surface area contributed by atoms with Crippen LogP contribution in [-0.2, 0) is 13.1 Å². The Balaban J connectivity index is 1.81. The molecule has 2 aromatic rings. The van der Waals surface area contributed by atoms with Crippen LogP contribution < -0.4 is 15.5 Å². The van der Waals surface area contributed by atoms with Crippen molar-refractivity contribution in [2.45, 2.75) is 20.0 Å². The third-order valence-corrected chi connectivity index (χ3v) is 3.26. The molecule has 0 radical (unpaired) electrons. The Bertz CT molecular complexity index is 640. The Morgan fingerprint density at radius 1 is 1.09 bits per heavy atom. The zero-order chi connectivity index (χ0) is 15.9. The smallest absolute Gasteiger partial charge is 0.315 e. The SMILES string of the molecule is Cc1cccc(CNC(=O)NCc2ccnc(N(C)C)c2)c1. The first-order chi connectivity index (χ1) is 10.5. The summed E-state index contributed by atoms with van der Waals surface area (Å²) in [5, 5.41) is 5.71. The van der Waals surface area contributed by atoms with E-state index in [-0.39, 0.29) is 6.03 Å². The van der Waals surface area contributed by atoms with Gasteiger partial charge < -0.3 is 15.5 Å². The van der Waals surface area contributed by atoms with Crippen LogP contribution >= 0.6 is 0 Å². The fourth-order valence-corrected chi connectivity index (χ4v) is 2.06. The lowest BCUT2D eigenvalue weighted by Gasteiger charge is -2.13. The van der Waals surface area contributed by atoms with Crippen LogP contribution in [-0.4, -0.2) is 25.1 Å². The highest BCUT2D eigenvalue weighted by Crippen LogP contribution is 2.09. The highest BCUT2D eigenvalue weighted by atomic mass is 16.2. The predicted molar refractivity (Wildman–Crippen MR) is 88.8 cm³/mol. The number of urea groups is 1. The maximum absolute atomic E-state index is 11.8. The van der Waals surface area contributed by atoms with Gasteiger partial charge in [0, 0.05) is 33.4 Å². The van der Waals surface area contributed by atoms with E-state index in [1.165, 1.54) is 5.56 Å². The fraction of sp³-hybridized carbons (Fsp3) is 0.294. The first-order valence-corrected chi connectivity index (χ1v) is 7.24. The zero-order valence-corrected chi connectivity index (χ0v) is 13.3. The van der Waals surface area contributed by atoms with Gasteiger partial charge in [-0.3, -0.25) is 0 Å². The molecule has 2 N–H and O–H groups in total. The highest BCUT2D eigenvalue weighted by molar-refractivity contribution is 5.73. The van der Waals surface area contributed by atoms with Gasteiger partial charge in [0.2, 0.25) is 0 Å². The number of carbonyl (C=O) groups is 1. The average molecular weight is 298 g/mol. The summed E-state index contributed by atoms with van der Waals surface area (Å²) in [4.78, 5) is 18.0. The third kappa shape index (κ3) is 4.77. The van der Waals surface area contributed by atoms with Gasteiger partial charge in [-0.05, 0) is 30.2 Å². The van der Waals surface area contributed by atoms with Crippen molar-refractivity contribution < 1.29 is 4.79 Å². The predicted octanol–water partition coefficient (Wildman–Crippen LogP) is 2.46. The van der Waals surface area contributed by atoms with Crippen LogP contribution in [0.3, 0.4) is 0 Å². The van der Waals surface area contributed by atoms with E-state index in [0.29, 0.717) is 13.1 Å². The molecule has 0 bridgehead atoms. The van der Waals surface area contributed by atoms with E-state index in [2.05, 4.69) is 21.7 Å². The van der Waals surface area contributed by atoms with E-state index in [0.717, 1.165) is 16.9 Å². The molecule has 0 saturated carbocycles. The molecule has 5 nitrogen and oxygen atoms in total. The molecule has 22 heavy (non-hydrogen) atoms. The number of nitrogens with zero attached hydrogens (tertiary/aromatic N) is 2. The quantitative estimate of drug-likeness (QED) is 0.891. The first kappa shape index (κ1) is 15.8. The number of rotatable bonds is 5. The number of benzene rings is 1. The molecule has 0 fully saturated rings. The number of hydrogen-bond donors (Lipinski definition) is 2. The molecular formula is C17H22N4O. The zero-order valence-electron chi connectivity index (χ0n) is 13.3. The molecule has 0 atom stereocenters. The molecule has 2 rings (SSSR count). The minimum Gasteiger partial charge on any atom is -0.363 e. The molecule has 2 amide bonds. The number of anilines is 1. The second-order valence-corrected chi connectivity index (χ2v) is 5.44. The first-order valence-electron chi connectivity index (χ1n) is 7.24. The van der Waals surface area contributed by atoms with Crippen LogP contribution in [0.2, 0.25) is 0 Å². The molecule has 0 aliphatic rings. The van der Waals surface area contributed by atoms with Crippen molar-refractivity contribution in [3.05, 3.63) is 59.3 Å². The second-order valence-electron chi connectivity index (χ2n) is 5.44. The van der Waals surface area contributed by atoms with Gasteiger partial charge >= 0.3 is 6.03 Å². The Morgan fingerprint density at radius 2 is 1.77 bits per heavy atom. The van der Waals surface area contributed by atoms with Gasteiger partial charge in [0.1, 0.15) is 5.82 Å². The van der Waals surface area contributed by atoms with Crippen LogP contribution in [0.15, 0.2) is 42.6 Å². The van der Waals surface area contributed by atoms with E-state index < -0.39 is 0 Å². The van der Waals surface area contributed by atoms with E-state index in [1.807, 2.05) is 56.3 Å². The summed E-state index contributed by atoms with van der Waals surface area (Å²) < 4.78 is 0. The monoisotopic (exact) mass is 298 g/mol. The van der Waals surface area contributed by atoms with Gasteiger partial charge in [-0.25, -0.2) is 9.78 Å². The van der Waals surface area contributed by atoms with Crippen molar-refractivity contribution in [2.75, 3.05) is 19.0 Å². The number of aryl methyl sites for hydroxylation is 1. The Morgan fingerprint density at radius 3 is 2.41 bits per heavy atom. The number of pyridine rings is 1. The highest BCUT2D eigenvalue weighted by Gasteiger charge is 2.03. The summed E-state index contributed by atoms with van der Waals surface area (Å²) in [6, 6.07) is 11.8. The molecule has 1 aromatic carbocycles. The van der Waals surface area contributed by atoms with Crippen molar-refractivity contribution in [2.24, 2.45) is 0 Å². The van der Waals surface area contributed by atoms with E-state index in [1.54, 1.807) is 6.20 Å². The van der Waals surface area contributed by atoms with Crippen molar-refractivity contribution in [3.63, 3.8) is 0 Å². The van der Waals surface area contributed by atoms with Gasteiger partial charge in [0.25, 0.3) is 0 Å². The molecule has 5 heteroatoms. The topological polar surface area (TPSA) is 57.3 Å². The van der Waals surface area contributed by atoms with E-state index >= 15 is 0 Å². The van der Waals surface area contributed by atoms with Crippen LogP contribution in [0.4, 0.5) is 10.6 Å². The Labute approximate surface area is 131 Å². The molecule has 116 valence electrons. The standard InChI is InChI=1S/C17H22N4O/c1-13-5-4-6-14(9-13)11-19-17(22)20-12-15-7-8-18-16(10-15)21(2)3/h4-10H,11-12H2,1-3H3,(H2,19,20,22). The minimum absolute atomic E-state index is 0.176. The normalized spacial score (nSPS) is 10.1. The average Bonchev–Trinajstić information content (AvgIpc) is 2.51. The minimum atomic E-state index is -0.176. The summed E-state index contributed by atoms with van der Waals surface area (Å²) in [5.41, 5.74) is 3.30. The maximum atomic E-state index is 11.8. The van der Waals surface area contributed by atoms with Gasteiger partial charge in [0.05, 0.1) is 0 Å². The number of amides is 2. The lowest BCUT2D eigenvalue weighted by Crippen LogP contribution is -2.34. The summed E-state index contributed by atoms with van der Waals surface area (Å²) in [7, 11) is 3.88. The molecule has 0 spiro atoms. The van der Waals surface area contributed by atoms with Crippen LogP contribution in [0, 0.1) is 6.92 Å². The van der Waals surface area contributed by atoms with Crippen molar-refractivity contribution in [3.8, 4) is 0 Å². The molecular weight excluding hydrogens is 276 g/mol. The van der Waals surface area contributed by atoms with Crippen LogP contribution in [0.25, 0.3) is 0 Å². The number of aromatic nitrogens is 1. The van der Waals surface area contributed by atoms with Crippen molar-refractivity contribution in [1.29, 1.82) is 0 Å². The molecule has 0 aliphatic carbocycles. The lowest BCUT2D eigenvalue weighted by atomic mass is 10.1. The number of nitrogens with one attached hydrogen (secondary N) is 2. The summed E-state index contributed by atoms with van der Waals surface area (Å²) in [5.74, 6) is 0.875. The Hall–Kier alpha value is -2.56. The summed E-state index contributed by atoms with van der Waals surface area (Å²) in [6.07, 6.45) is 1.75. The summed E-state index contributed by atoms with van der Waals surface area (Å²) >= 11 is 0. The molecule has 0 unspecified atom stereocenters. The van der Waals surface area contributed by atoms with Crippen molar-refractivity contribution >= 4 is 11.8 Å². The van der Waals surface area contributed by atoms with E-state index in [9.17, 15) is 4.79 Å². The molecule has 1 aromatic heterocycles. The third-order valence-electron chi connectivity index (χ3n) is 3.26. The van der Waals surface area contributed by atoms with Crippen molar-refractivity contribution in [1.82, 2.24) is 15.6 Å². The Kier molecular flexibility index (Phi) is 5.36. The lowest BCUT2D eigenvalue weighted by molar-refractivity contribution is 0.240. The van der Waals surface area contributed by atoms with Gasteiger partial charge in [0.15, 0.2) is 0 Å². The largest absolute Gasteiger partial charge is 0.363 e. The van der Waals surface area contributed by atoms with Gasteiger partial charge in [-0.2, -0.15) is 0 Å². The maximum Gasteiger partial charge on any atom is 0.315 e. The molecule has 0 saturated heterocycles. The summed E-state index contributed by atoms with van der Waals surface area (Å²) in [6.45, 7) is 3.03. The van der Waals surface area contributed by atoms with E-state index in [4.69, 9.17) is 0 Å². The fourth-order valence-electron chi connectivity index (χ4n) is 2.06. The van der Waals surface area contributed by atoms with Crippen LogP contribution in [0.5, 0.6) is 0 Å². The van der Waals surface area contributed by atoms with Crippen LogP contribution in [0.1, 0.15) is 16.7 Å². The van der Waals surface area contributed by atoms with Gasteiger partial charge in [-0.15, -0.1) is 0 Å². The molecule has 0 aliphatic heterocycles. The second kappa shape index (κ2) is 7.45.